The van der Waals surface area contributed by atoms with Gasteiger partial charge in [0, 0.05) is 12.7 Å². The minimum absolute atomic E-state index is 0.250. The van der Waals surface area contributed by atoms with E-state index in [0.29, 0.717) is 24.0 Å². The highest BCUT2D eigenvalue weighted by atomic mass is 32.2. The number of carbonyl (C=O) groups is 1. The Kier molecular flexibility index (Phi) is 5.73. The highest BCUT2D eigenvalue weighted by molar-refractivity contribution is 7.99. The lowest BCUT2D eigenvalue weighted by molar-refractivity contribution is -0.131. The van der Waals surface area contributed by atoms with Crippen LogP contribution in [-0.4, -0.2) is 46.5 Å². The Morgan fingerprint density at radius 3 is 2.74 bits per heavy atom. The summed E-state index contributed by atoms with van der Waals surface area (Å²) in [4.78, 5) is 10.3. The highest BCUT2D eigenvalue weighted by Crippen LogP contribution is 2.46. The van der Waals surface area contributed by atoms with Gasteiger partial charge in [-0.25, -0.2) is 4.79 Å². The summed E-state index contributed by atoms with van der Waals surface area (Å²) in [5.41, 5.74) is 0. The van der Waals surface area contributed by atoms with Crippen LogP contribution in [0.2, 0.25) is 0 Å². The smallest absolute Gasteiger partial charge is 0.327 e. The zero-order valence-electron chi connectivity index (χ0n) is 11.0. The molecule has 0 amide bonds. The van der Waals surface area contributed by atoms with Crippen molar-refractivity contribution in [3.63, 3.8) is 0 Å². The van der Waals surface area contributed by atoms with E-state index in [1.165, 1.54) is 6.08 Å². The maximum Gasteiger partial charge on any atom is 0.327 e. The van der Waals surface area contributed by atoms with Gasteiger partial charge in [-0.3, -0.25) is 0 Å². The zero-order valence-corrected chi connectivity index (χ0v) is 11.8. The second kappa shape index (κ2) is 7.31. The predicted octanol–water partition coefficient (Wildman–Crippen LogP) is 1.93. The molecule has 2 saturated heterocycles. The molecule has 0 aromatic heterocycles. The van der Waals surface area contributed by atoms with E-state index in [0.717, 1.165) is 37.2 Å². The van der Waals surface area contributed by atoms with Crippen molar-refractivity contribution >= 4 is 17.7 Å². The first kappa shape index (κ1) is 14.9. The van der Waals surface area contributed by atoms with Crippen molar-refractivity contribution in [2.75, 3.05) is 18.1 Å². The van der Waals surface area contributed by atoms with E-state index in [1.807, 2.05) is 11.8 Å². The van der Waals surface area contributed by atoms with E-state index in [2.05, 4.69) is 0 Å². The Morgan fingerprint density at radius 1 is 1.32 bits per heavy atom. The Morgan fingerprint density at radius 2 is 2.05 bits per heavy atom. The Labute approximate surface area is 118 Å². The second-order valence-corrected chi connectivity index (χ2v) is 6.38. The minimum atomic E-state index is -0.880. The third-order valence-corrected chi connectivity index (χ3v) is 5.20. The Balaban J connectivity index is 1.68. The van der Waals surface area contributed by atoms with Crippen molar-refractivity contribution < 1.29 is 19.7 Å². The SMILES string of the molecule is O=C(O)C=CCCSC[C@@H]1[C@H](CCO)[C@@H]2CC[C@H]1O2. The average Bonchev–Trinajstić information content (AvgIpc) is 2.95. The number of thioether (sulfide) groups is 1. The van der Waals surface area contributed by atoms with Crippen LogP contribution in [0.1, 0.15) is 25.7 Å². The summed E-state index contributed by atoms with van der Waals surface area (Å²) in [5.74, 6) is 2.22. The monoisotopic (exact) mass is 286 g/mol. The summed E-state index contributed by atoms with van der Waals surface area (Å²) < 4.78 is 5.94. The lowest BCUT2D eigenvalue weighted by Crippen LogP contribution is -2.29. The first-order valence-corrected chi connectivity index (χ1v) is 8.11. The summed E-state index contributed by atoms with van der Waals surface area (Å²) >= 11 is 1.87. The fourth-order valence-corrected chi connectivity index (χ4v) is 4.41. The molecule has 108 valence electrons. The molecule has 2 heterocycles. The van der Waals surface area contributed by atoms with Crippen LogP contribution in [0.3, 0.4) is 0 Å². The largest absolute Gasteiger partial charge is 0.478 e. The van der Waals surface area contributed by atoms with Crippen molar-refractivity contribution in [3.8, 4) is 0 Å². The Hall–Kier alpha value is -0.520. The first-order valence-electron chi connectivity index (χ1n) is 6.96. The molecular formula is C14H22O4S. The van der Waals surface area contributed by atoms with Crippen LogP contribution in [0, 0.1) is 11.8 Å². The number of ether oxygens (including phenoxy) is 1. The van der Waals surface area contributed by atoms with Crippen molar-refractivity contribution in [1.29, 1.82) is 0 Å². The number of aliphatic hydroxyl groups excluding tert-OH is 1. The molecule has 0 aliphatic carbocycles. The molecule has 19 heavy (non-hydrogen) atoms. The third kappa shape index (κ3) is 3.97. The van der Waals surface area contributed by atoms with Gasteiger partial charge in [0.25, 0.3) is 0 Å². The van der Waals surface area contributed by atoms with Crippen LogP contribution in [0.5, 0.6) is 0 Å². The van der Waals surface area contributed by atoms with Gasteiger partial charge in [-0.1, -0.05) is 6.08 Å². The lowest BCUT2D eigenvalue weighted by atomic mass is 9.79. The topological polar surface area (TPSA) is 66.8 Å². The van der Waals surface area contributed by atoms with Gasteiger partial charge in [0.1, 0.15) is 0 Å². The van der Waals surface area contributed by atoms with Crippen LogP contribution < -0.4 is 0 Å². The van der Waals surface area contributed by atoms with Gasteiger partial charge >= 0.3 is 5.97 Å². The van der Waals surface area contributed by atoms with Gasteiger partial charge in [0.05, 0.1) is 12.2 Å². The molecule has 5 heteroatoms. The number of aliphatic carboxylic acids is 1. The minimum Gasteiger partial charge on any atom is -0.478 e. The maximum absolute atomic E-state index is 10.3. The molecule has 2 aliphatic rings. The molecule has 0 unspecified atom stereocenters. The molecule has 4 nitrogen and oxygen atoms in total. The number of hydrogen-bond donors (Lipinski definition) is 2. The van der Waals surface area contributed by atoms with E-state index in [4.69, 9.17) is 14.9 Å². The van der Waals surface area contributed by atoms with Crippen LogP contribution in [-0.2, 0) is 9.53 Å². The number of aliphatic hydroxyl groups is 1. The maximum atomic E-state index is 10.3. The molecule has 2 fully saturated rings. The molecule has 0 aromatic carbocycles. The standard InChI is InChI=1S/C14H22O4S/c15-7-6-10-11(13-5-4-12(10)18-13)9-19-8-2-1-3-14(16)17/h1,3,10-13,15H,2,4-9H2,(H,16,17)/t10-,11+,12-,13+/m0/s1. The number of allylic oxidation sites excluding steroid dienone is 1. The molecule has 4 atom stereocenters. The van der Waals surface area contributed by atoms with Crippen molar-refractivity contribution in [1.82, 2.24) is 0 Å². The molecule has 2 N–H and O–H groups in total. The molecule has 2 rings (SSSR count). The molecule has 0 aromatic rings. The molecule has 2 bridgehead atoms. The van der Waals surface area contributed by atoms with Gasteiger partial charge in [-0.15, -0.1) is 0 Å². The van der Waals surface area contributed by atoms with Gasteiger partial charge in [0.15, 0.2) is 0 Å². The van der Waals surface area contributed by atoms with Gasteiger partial charge in [-0.05, 0) is 49.0 Å². The average molecular weight is 286 g/mol. The predicted molar refractivity (Wildman–Crippen MR) is 75.3 cm³/mol. The van der Waals surface area contributed by atoms with E-state index in [-0.39, 0.29) is 6.61 Å². The number of fused-ring (bicyclic) bond motifs is 2. The summed E-state index contributed by atoms with van der Waals surface area (Å²) in [6.45, 7) is 0.250. The van der Waals surface area contributed by atoms with Gasteiger partial charge in [0.2, 0.25) is 0 Å². The van der Waals surface area contributed by atoms with E-state index < -0.39 is 5.97 Å². The number of hydrogen-bond acceptors (Lipinski definition) is 4. The fourth-order valence-electron chi connectivity index (χ4n) is 3.21. The van der Waals surface area contributed by atoms with Crippen LogP contribution in [0.15, 0.2) is 12.2 Å². The second-order valence-electron chi connectivity index (χ2n) is 5.23. The number of rotatable bonds is 8. The van der Waals surface area contributed by atoms with Crippen LogP contribution in [0.25, 0.3) is 0 Å². The molecule has 0 spiro atoms. The first-order chi connectivity index (χ1) is 9.22. The summed E-state index contributed by atoms with van der Waals surface area (Å²) in [7, 11) is 0. The molecular weight excluding hydrogens is 264 g/mol. The van der Waals surface area contributed by atoms with E-state index in [9.17, 15) is 4.79 Å². The lowest BCUT2D eigenvalue weighted by Gasteiger charge is -2.27. The quantitative estimate of drug-likeness (QED) is 0.527. The van der Waals surface area contributed by atoms with Gasteiger partial charge < -0.3 is 14.9 Å². The number of carboxylic acids is 1. The van der Waals surface area contributed by atoms with Crippen molar-refractivity contribution in [3.05, 3.63) is 12.2 Å². The number of carboxylic acid groups (broad SMARTS) is 1. The van der Waals surface area contributed by atoms with Crippen molar-refractivity contribution in [2.24, 2.45) is 11.8 Å². The van der Waals surface area contributed by atoms with Crippen molar-refractivity contribution in [2.45, 2.75) is 37.9 Å². The molecule has 2 aliphatic heterocycles. The molecule has 0 radical (unpaired) electrons. The summed E-state index contributed by atoms with van der Waals surface area (Å²) in [5, 5.41) is 17.6. The fraction of sp³-hybridized carbons (Fsp3) is 0.786. The van der Waals surface area contributed by atoms with Gasteiger partial charge in [-0.2, -0.15) is 11.8 Å². The highest BCUT2D eigenvalue weighted by Gasteiger charge is 2.47. The van der Waals surface area contributed by atoms with E-state index >= 15 is 0 Å². The molecule has 0 saturated carbocycles. The van der Waals surface area contributed by atoms with E-state index in [1.54, 1.807) is 6.08 Å². The zero-order chi connectivity index (χ0) is 13.7. The third-order valence-electron chi connectivity index (χ3n) is 4.05. The summed E-state index contributed by atoms with van der Waals surface area (Å²) in [6.07, 6.45) is 7.63. The Bertz CT molecular complexity index is 331. The van der Waals surface area contributed by atoms with Crippen LogP contribution in [0.4, 0.5) is 0 Å². The normalized spacial score (nSPS) is 33.3. The van der Waals surface area contributed by atoms with Crippen LogP contribution >= 0.6 is 11.8 Å². The summed E-state index contributed by atoms with van der Waals surface area (Å²) in [6, 6.07) is 0.